The zero-order chi connectivity index (χ0) is 24.2. The number of aryl methyl sites for hydroxylation is 2. The van der Waals surface area contributed by atoms with Crippen molar-refractivity contribution in [1.82, 2.24) is 0 Å². The van der Waals surface area contributed by atoms with Crippen LogP contribution in [0.5, 0.6) is 23.0 Å². The van der Waals surface area contributed by atoms with Gasteiger partial charge >= 0.3 is 0 Å². The SMILES string of the molecule is COc1cc(-c2cc(OC)c(Sc3ccccc3C)cc2O)c(O)cc1Sc1ccccc1C. The van der Waals surface area contributed by atoms with Gasteiger partial charge in [-0.15, -0.1) is 0 Å². The lowest BCUT2D eigenvalue weighted by atomic mass is 10.0. The summed E-state index contributed by atoms with van der Waals surface area (Å²) in [7, 11) is 3.20. The van der Waals surface area contributed by atoms with Crippen LogP contribution in [0.15, 0.2) is 92.4 Å². The molecule has 0 aliphatic heterocycles. The molecule has 4 nitrogen and oxygen atoms in total. The summed E-state index contributed by atoms with van der Waals surface area (Å²) < 4.78 is 11.3. The molecule has 0 aliphatic rings. The molecule has 0 aromatic heterocycles. The number of hydrogen-bond donors (Lipinski definition) is 2. The second kappa shape index (κ2) is 10.4. The Bertz CT molecular complexity index is 1230. The molecule has 2 N–H and O–H groups in total. The fourth-order valence-electron chi connectivity index (χ4n) is 3.59. The van der Waals surface area contributed by atoms with Crippen LogP contribution in [0.2, 0.25) is 0 Å². The number of rotatable bonds is 7. The van der Waals surface area contributed by atoms with Crippen molar-refractivity contribution in [2.75, 3.05) is 14.2 Å². The Labute approximate surface area is 208 Å². The lowest BCUT2D eigenvalue weighted by molar-refractivity contribution is 0.400. The van der Waals surface area contributed by atoms with Crippen molar-refractivity contribution in [3.05, 3.63) is 83.9 Å². The molecule has 4 rings (SSSR count). The van der Waals surface area contributed by atoms with E-state index < -0.39 is 0 Å². The Morgan fingerprint density at radius 3 is 1.29 bits per heavy atom. The first-order valence-corrected chi connectivity index (χ1v) is 12.3. The van der Waals surface area contributed by atoms with Crippen molar-refractivity contribution < 1.29 is 19.7 Å². The molecule has 0 unspecified atom stereocenters. The second-order valence-corrected chi connectivity index (χ2v) is 9.94. The van der Waals surface area contributed by atoms with E-state index in [1.165, 1.54) is 23.5 Å². The molecule has 4 aromatic carbocycles. The molecule has 0 amide bonds. The lowest BCUT2D eigenvalue weighted by Gasteiger charge is -2.16. The van der Waals surface area contributed by atoms with Gasteiger partial charge in [-0.25, -0.2) is 0 Å². The molecule has 0 saturated heterocycles. The summed E-state index contributed by atoms with van der Waals surface area (Å²) in [5.74, 6) is 1.32. The highest BCUT2D eigenvalue weighted by molar-refractivity contribution is 7.99. The Balaban J connectivity index is 1.74. The van der Waals surface area contributed by atoms with Crippen LogP contribution in [-0.4, -0.2) is 24.4 Å². The number of phenolic OH excluding ortho intramolecular Hbond substituents is 2. The van der Waals surface area contributed by atoms with Gasteiger partial charge in [0.2, 0.25) is 0 Å². The van der Waals surface area contributed by atoms with Crippen LogP contribution in [0.3, 0.4) is 0 Å². The normalized spacial score (nSPS) is 10.8. The number of aromatic hydroxyl groups is 2. The number of ether oxygens (including phenoxy) is 2. The van der Waals surface area contributed by atoms with E-state index in [1.54, 1.807) is 38.5 Å². The molecule has 0 atom stereocenters. The first-order chi connectivity index (χ1) is 16.4. The number of methoxy groups -OCH3 is 2. The summed E-state index contributed by atoms with van der Waals surface area (Å²) in [5, 5.41) is 21.8. The Hall–Kier alpha value is -3.22. The van der Waals surface area contributed by atoms with Crippen molar-refractivity contribution in [2.45, 2.75) is 33.4 Å². The van der Waals surface area contributed by atoms with E-state index in [0.717, 1.165) is 30.7 Å². The Morgan fingerprint density at radius 1 is 0.559 bits per heavy atom. The van der Waals surface area contributed by atoms with E-state index in [4.69, 9.17) is 9.47 Å². The van der Waals surface area contributed by atoms with Gasteiger partial charge in [-0.05, 0) is 61.4 Å². The lowest BCUT2D eigenvalue weighted by Crippen LogP contribution is -1.92. The summed E-state index contributed by atoms with van der Waals surface area (Å²) in [5.41, 5.74) is 3.22. The third kappa shape index (κ3) is 4.98. The summed E-state index contributed by atoms with van der Waals surface area (Å²) in [6.07, 6.45) is 0. The first-order valence-electron chi connectivity index (χ1n) is 10.7. The summed E-state index contributed by atoms with van der Waals surface area (Å²) in [4.78, 5) is 3.73. The van der Waals surface area contributed by atoms with Crippen LogP contribution >= 0.6 is 23.5 Å². The van der Waals surface area contributed by atoms with Crippen LogP contribution in [0, 0.1) is 13.8 Å². The van der Waals surface area contributed by atoms with E-state index >= 15 is 0 Å². The average Bonchev–Trinajstić information content (AvgIpc) is 2.83. The third-order valence-electron chi connectivity index (χ3n) is 5.48. The van der Waals surface area contributed by atoms with Crippen molar-refractivity contribution in [3.8, 4) is 34.1 Å². The van der Waals surface area contributed by atoms with Gasteiger partial charge < -0.3 is 19.7 Å². The minimum Gasteiger partial charge on any atom is -0.507 e. The molecule has 0 aliphatic carbocycles. The smallest absolute Gasteiger partial charge is 0.133 e. The van der Waals surface area contributed by atoms with E-state index in [9.17, 15) is 10.2 Å². The van der Waals surface area contributed by atoms with Crippen molar-refractivity contribution in [2.24, 2.45) is 0 Å². The molecule has 34 heavy (non-hydrogen) atoms. The molecule has 0 heterocycles. The fraction of sp³-hybridized carbons (Fsp3) is 0.143. The maximum absolute atomic E-state index is 10.9. The van der Waals surface area contributed by atoms with Gasteiger partial charge in [0.05, 0.1) is 24.0 Å². The maximum atomic E-state index is 10.9. The van der Waals surface area contributed by atoms with Crippen LogP contribution in [0.4, 0.5) is 0 Å². The zero-order valence-corrected chi connectivity index (χ0v) is 21.1. The average molecular weight is 491 g/mol. The number of benzene rings is 4. The van der Waals surface area contributed by atoms with Gasteiger partial charge in [-0.2, -0.15) is 0 Å². The summed E-state index contributed by atoms with van der Waals surface area (Å²) in [6.45, 7) is 4.09. The molecule has 6 heteroatoms. The summed E-state index contributed by atoms with van der Waals surface area (Å²) >= 11 is 3.05. The third-order valence-corrected chi connectivity index (χ3v) is 7.91. The molecule has 0 saturated carbocycles. The predicted molar refractivity (Wildman–Crippen MR) is 139 cm³/mol. The monoisotopic (exact) mass is 490 g/mol. The van der Waals surface area contributed by atoms with E-state index in [2.05, 4.69) is 0 Å². The molecule has 0 spiro atoms. The van der Waals surface area contributed by atoms with Gasteiger partial charge in [0.25, 0.3) is 0 Å². The van der Waals surface area contributed by atoms with Crippen molar-refractivity contribution >= 4 is 23.5 Å². The van der Waals surface area contributed by atoms with Gasteiger partial charge in [0, 0.05) is 20.9 Å². The molecular weight excluding hydrogens is 464 g/mol. The molecule has 0 radical (unpaired) electrons. The highest BCUT2D eigenvalue weighted by atomic mass is 32.2. The van der Waals surface area contributed by atoms with Crippen molar-refractivity contribution in [3.63, 3.8) is 0 Å². The quantitative estimate of drug-likeness (QED) is 0.277. The molecule has 4 aromatic rings. The minimum absolute atomic E-state index is 0.0496. The predicted octanol–water partition coefficient (Wildman–Crippen LogP) is 7.70. The minimum atomic E-state index is 0.0496. The second-order valence-electron chi connectivity index (χ2n) is 7.78. The van der Waals surface area contributed by atoms with E-state index in [-0.39, 0.29) is 11.5 Å². The molecular formula is C28H26O4S2. The van der Waals surface area contributed by atoms with Gasteiger partial charge in [0.15, 0.2) is 0 Å². The first kappa shape index (κ1) is 23.9. The van der Waals surface area contributed by atoms with Crippen LogP contribution in [0.25, 0.3) is 11.1 Å². The molecule has 174 valence electrons. The number of phenols is 2. The van der Waals surface area contributed by atoms with Gasteiger partial charge in [0.1, 0.15) is 23.0 Å². The Kier molecular flexibility index (Phi) is 7.29. The molecule has 0 fully saturated rings. The number of hydrogen-bond acceptors (Lipinski definition) is 6. The van der Waals surface area contributed by atoms with E-state index in [0.29, 0.717) is 22.6 Å². The van der Waals surface area contributed by atoms with Gasteiger partial charge in [-0.3, -0.25) is 0 Å². The van der Waals surface area contributed by atoms with Crippen LogP contribution in [-0.2, 0) is 0 Å². The van der Waals surface area contributed by atoms with Gasteiger partial charge in [-0.1, -0.05) is 59.9 Å². The largest absolute Gasteiger partial charge is 0.507 e. The molecule has 0 bridgehead atoms. The van der Waals surface area contributed by atoms with E-state index in [1.807, 2.05) is 62.4 Å². The van der Waals surface area contributed by atoms with Crippen molar-refractivity contribution in [1.29, 1.82) is 0 Å². The maximum Gasteiger partial charge on any atom is 0.133 e. The topological polar surface area (TPSA) is 58.9 Å². The highest BCUT2D eigenvalue weighted by Gasteiger charge is 2.19. The standard InChI is InChI=1S/C28H26O4S2/c1-17-9-5-7-11-25(17)33-27-15-21(29)19(13-23(27)31-3)20-14-24(32-4)28(16-22(20)30)34-26-12-8-6-10-18(26)2/h5-16,29-30H,1-4H3. The summed E-state index contributed by atoms with van der Waals surface area (Å²) in [6, 6.07) is 23.0. The Morgan fingerprint density at radius 2 is 0.941 bits per heavy atom. The van der Waals surface area contributed by atoms with Crippen LogP contribution in [0.1, 0.15) is 11.1 Å². The highest BCUT2D eigenvalue weighted by Crippen LogP contribution is 2.48. The zero-order valence-electron chi connectivity index (χ0n) is 19.5. The van der Waals surface area contributed by atoms with Crippen LogP contribution < -0.4 is 9.47 Å². The fourth-order valence-corrected chi connectivity index (χ4v) is 5.64.